The minimum Gasteiger partial charge on any atom is -0.368 e. The van der Waals surface area contributed by atoms with E-state index in [1.165, 1.54) is 11.8 Å². The maximum Gasteiger partial charge on any atom is 0.324 e. The molecule has 1 aliphatic rings. The van der Waals surface area contributed by atoms with Gasteiger partial charge < -0.3 is 15.5 Å². The average Bonchev–Trinajstić information content (AvgIpc) is 3.22. The van der Waals surface area contributed by atoms with E-state index in [-0.39, 0.29) is 10.9 Å². The highest BCUT2D eigenvalue weighted by molar-refractivity contribution is 7.16. The van der Waals surface area contributed by atoms with Gasteiger partial charge in [-0.05, 0) is 30.4 Å². The quantitative estimate of drug-likeness (QED) is 0.505. The zero-order valence-corrected chi connectivity index (χ0v) is 16.3. The number of aromatic nitrogens is 3. The standard InChI is InChI=1S/C19H19N7O2S/c20-18-21-16(8-6-15-7-9-17(29-15)26(27)28)22-19(23-18)25-12-10-24(11-13-25)14-4-2-1-3-5-14/h1-9H,10-13H2,(H2,20,21,22,23)/b8-6-. The summed E-state index contributed by atoms with van der Waals surface area (Å²) in [6.45, 7) is 3.27. The summed E-state index contributed by atoms with van der Waals surface area (Å²) in [7, 11) is 0. The highest BCUT2D eigenvalue weighted by Crippen LogP contribution is 2.25. The van der Waals surface area contributed by atoms with Crippen molar-refractivity contribution in [1.82, 2.24) is 15.0 Å². The van der Waals surface area contributed by atoms with Gasteiger partial charge in [0.1, 0.15) is 0 Å². The summed E-state index contributed by atoms with van der Waals surface area (Å²) in [4.78, 5) is 28.5. The van der Waals surface area contributed by atoms with E-state index in [9.17, 15) is 10.1 Å². The summed E-state index contributed by atoms with van der Waals surface area (Å²) in [5.41, 5.74) is 7.08. The van der Waals surface area contributed by atoms with Gasteiger partial charge in [0.2, 0.25) is 11.9 Å². The fraction of sp³-hybridized carbons (Fsp3) is 0.211. The van der Waals surface area contributed by atoms with E-state index < -0.39 is 4.92 Å². The van der Waals surface area contributed by atoms with Crippen molar-refractivity contribution in [1.29, 1.82) is 0 Å². The molecule has 0 atom stereocenters. The molecule has 9 nitrogen and oxygen atoms in total. The molecule has 2 N–H and O–H groups in total. The molecule has 3 heterocycles. The Morgan fingerprint density at radius 3 is 2.38 bits per heavy atom. The van der Waals surface area contributed by atoms with Gasteiger partial charge in [-0.3, -0.25) is 10.1 Å². The maximum atomic E-state index is 10.8. The van der Waals surface area contributed by atoms with Gasteiger partial charge >= 0.3 is 5.00 Å². The number of nitrogens with zero attached hydrogens (tertiary/aromatic N) is 6. The first kappa shape index (κ1) is 18.8. The summed E-state index contributed by atoms with van der Waals surface area (Å²) in [5, 5.41) is 10.9. The molecule has 0 amide bonds. The Morgan fingerprint density at radius 2 is 1.69 bits per heavy atom. The molecule has 29 heavy (non-hydrogen) atoms. The number of rotatable bonds is 5. The molecule has 0 spiro atoms. The average molecular weight is 409 g/mol. The molecular formula is C19H19N7O2S. The van der Waals surface area contributed by atoms with Crippen LogP contribution in [0.4, 0.5) is 22.6 Å². The third-order valence-electron chi connectivity index (χ3n) is 4.53. The number of hydrogen-bond donors (Lipinski definition) is 1. The molecule has 10 heteroatoms. The highest BCUT2D eigenvalue weighted by atomic mass is 32.1. The molecular weight excluding hydrogens is 390 g/mol. The summed E-state index contributed by atoms with van der Waals surface area (Å²) < 4.78 is 0. The van der Waals surface area contributed by atoms with Crippen LogP contribution in [0.5, 0.6) is 0 Å². The van der Waals surface area contributed by atoms with Crippen molar-refractivity contribution in [3.63, 3.8) is 0 Å². The third kappa shape index (κ3) is 4.49. The molecule has 1 aliphatic heterocycles. The summed E-state index contributed by atoms with van der Waals surface area (Å²) >= 11 is 1.09. The zero-order valence-electron chi connectivity index (χ0n) is 15.5. The Bertz CT molecular complexity index is 1030. The van der Waals surface area contributed by atoms with Crippen LogP contribution >= 0.6 is 11.3 Å². The predicted octanol–water partition coefficient (Wildman–Crippen LogP) is 2.92. The zero-order chi connectivity index (χ0) is 20.2. The number of anilines is 3. The number of benzene rings is 1. The molecule has 3 aromatic rings. The molecule has 0 unspecified atom stereocenters. The van der Waals surface area contributed by atoms with Gasteiger partial charge in [-0.2, -0.15) is 15.0 Å². The van der Waals surface area contributed by atoms with Crippen LogP contribution in [0.1, 0.15) is 10.7 Å². The first-order chi connectivity index (χ1) is 14.1. The van der Waals surface area contributed by atoms with Gasteiger partial charge in [0.15, 0.2) is 5.82 Å². The molecule has 0 saturated carbocycles. The Hall–Kier alpha value is -3.53. The van der Waals surface area contributed by atoms with E-state index in [1.54, 1.807) is 18.2 Å². The molecule has 148 valence electrons. The van der Waals surface area contributed by atoms with Gasteiger partial charge in [0.05, 0.1) is 4.92 Å². The summed E-state index contributed by atoms with van der Waals surface area (Å²) in [6.07, 6.45) is 3.43. The minimum atomic E-state index is -0.407. The van der Waals surface area contributed by atoms with E-state index in [1.807, 2.05) is 18.2 Å². The van der Waals surface area contributed by atoms with Crippen molar-refractivity contribution in [3.8, 4) is 0 Å². The number of hydrogen-bond acceptors (Lipinski definition) is 9. The molecule has 0 bridgehead atoms. The Morgan fingerprint density at radius 1 is 0.966 bits per heavy atom. The van der Waals surface area contributed by atoms with E-state index in [4.69, 9.17) is 5.73 Å². The van der Waals surface area contributed by atoms with Crippen molar-refractivity contribution < 1.29 is 4.92 Å². The van der Waals surface area contributed by atoms with Crippen LogP contribution in [-0.4, -0.2) is 46.1 Å². The Balaban J connectivity index is 1.46. The number of piperazine rings is 1. The number of para-hydroxylation sites is 1. The summed E-state index contributed by atoms with van der Waals surface area (Å²) in [6, 6.07) is 13.5. The van der Waals surface area contributed by atoms with Crippen LogP contribution in [0, 0.1) is 10.1 Å². The van der Waals surface area contributed by atoms with Crippen LogP contribution < -0.4 is 15.5 Å². The fourth-order valence-electron chi connectivity index (χ4n) is 3.10. The first-order valence-corrected chi connectivity index (χ1v) is 9.89. The van der Waals surface area contributed by atoms with Gasteiger partial charge in [0.25, 0.3) is 0 Å². The maximum absolute atomic E-state index is 10.8. The van der Waals surface area contributed by atoms with Crippen molar-refractivity contribution in [2.75, 3.05) is 41.7 Å². The predicted molar refractivity (Wildman–Crippen MR) is 115 cm³/mol. The molecule has 1 fully saturated rings. The van der Waals surface area contributed by atoms with E-state index >= 15 is 0 Å². The Labute approximate surface area is 171 Å². The van der Waals surface area contributed by atoms with Crippen LogP contribution in [0.15, 0.2) is 42.5 Å². The van der Waals surface area contributed by atoms with Crippen LogP contribution in [0.2, 0.25) is 0 Å². The van der Waals surface area contributed by atoms with Crippen LogP contribution in [0.25, 0.3) is 12.2 Å². The second-order valence-electron chi connectivity index (χ2n) is 6.43. The van der Waals surface area contributed by atoms with Gasteiger partial charge in [-0.1, -0.05) is 29.5 Å². The molecule has 2 aromatic heterocycles. The van der Waals surface area contributed by atoms with Crippen molar-refractivity contribution >= 4 is 46.1 Å². The molecule has 1 aromatic carbocycles. The number of nitro groups is 1. The molecule has 1 saturated heterocycles. The Kier molecular flexibility index (Phi) is 5.34. The number of nitrogens with two attached hydrogens (primary N) is 1. The number of thiophene rings is 1. The smallest absolute Gasteiger partial charge is 0.324 e. The summed E-state index contributed by atoms with van der Waals surface area (Å²) in [5.74, 6) is 1.12. The highest BCUT2D eigenvalue weighted by Gasteiger charge is 2.20. The van der Waals surface area contributed by atoms with Crippen molar-refractivity contribution in [2.24, 2.45) is 0 Å². The van der Waals surface area contributed by atoms with E-state index in [0.717, 1.165) is 42.4 Å². The second kappa shape index (κ2) is 8.23. The van der Waals surface area contributed by atoms with E-state index in [0.29, 0.717) is 11.8 Å². The van der Waals surface area contributed by atoms with Crippen molar-refractivity contribution in [3.05, 3.63) is 63.3 Å². The lowest BCUT2D eigenvalue weighted by atomic mass is 10.2. The van der Waals surface area contributed by atoms with Gasteiger partial charge in [0, 0.05) is 42.8 Å². The first-order valence-electron chi connectivity index (χ1n) is 9.07. The molecule has 4 rings (SSSR count). The van der Waals surface area contributed by atoms with Gasteiger partial charge in [-0.25, -0.2) is 0 Å². The minimum absolute atomic E-state index is 0.0942. The third-order valence-corrected chi connectivity index (χ3v) is 5.53. The lowest BCUT2D eigenvalue weighted by Crippen LogP contribution is -2.47. The lowest BCUT2D eigenvalue weighted by Gasteiger charge is -2.36. The lowest BCUT2D eigenvalue weighted by molar-refractivity contribution is -0.380. The number of nitrogen functional groups attached to an aromatic ring is 1. The SMILES string of the molecule is Nc1nc(/C=C\c2ccc([N+](=O)[O-])s2)nc(N2CCN(c3ccccc3)CC2)n1. The van der Waals surface area contributed by atoms with E-state index in [2.05, 4.69) is 36.9 Å². The normalized spacial score (nSPS) is 14.5. The largest absolute Gasteiger partial charge is 0.368 e. The second-order valence-corrected chi connectivity index (χ2v) is 7.52. The molecule has 0 aliphatic carbocycles. The van der Waals surface area contributed by atoms with Crippen molar-refractivity contribution in [2.45, 2.75) is 0 Å². The topological polar surface area (TPSA) is 114 Å². The molecule has 0 radical (unpaired) electrons. The van der Waals surface area contributed by atoms with Crippen LogP contribution in [0.3, 0.4) is 0 Å². The van der Waals surface area contributed by atoms with Crippen LogP contribution in [-0.2, 0) is 0 Å². The fourth-order valence-corrected chi connectivity index (χ4v) is 3.83. The monoisotopic (exact) mass is 409 g/mol. The van der Waals surface area contributed by atoms with Gasteiger partial charge in [-0.15, -0.1) is 0 Å².